The molecular formula is C11H18N5O13P3. The van der Waals surface area contributed by atoms with E-state index in [-0.39, 0.29) is 17.0 Å². The Morgan fingerprint density at radius 2 is 1.72 bits per heavy atom. The van der Waals surface area contributed by atoms with Gasteiger partial charge in [0, 0.05) is 7.11 Å². The van der Waals surface area contributed by atoms with Crippen LogP contribution in [0.15, 0.2) is 12.7 Å². The lowest BCUT2D eigenvalue weighted by atomic mass is 10.1. The van der Waals surface area contributed by atoms with Gasteiger partial charge in [-0.1, -0.05) is 0 Å². The van der Waals surface area contributed by atoms with Gasteiger partial charge in [-0.25, -0.2) is 28.6 Å². The van der Waals surface area contributed by atoms with Crippen molar-refractivity contribution in [2.24, 2.45) is 0 Å². The Kier molecular flexibility index (Phi) is 7.20. The van der Waals surface area contributed by atoms with Crippen molar-refractivity contribution in [2.45, 2.75) is 24.5 Å². The zero-order valence-electron chi connectivity index (χ0n) is 15.9. The summed E-state index contributed by atoms with van der Waals surface area (Å²) in [5.74, 6) is 0.0524. The number of ether oxygens (including phenoxy) is 1. The number of anilines is 1. The maximum atomic E-state index is 11.9. The number of fused-ring (bicyclic) bond motifs is 1. The van der Waals surface area contributed by atoms with Crippen molar-refractivity contribution < 1.29 is 61.0 Å². The lowest BCUT2D eigenvalue weighted by Gasteiger charge is -2.19. The SMILES string of the molecule is COP(=O)(O)OP(=O)(O)OP(=O)(O)OC[C@H]1O[C@@H](n2cnc3c(N)ncnc32)[C@@H](O)C1O. The van der Waals surface area contributed by atoms with Crippen molar-refractivity contribution in [3.05, 3.63) is 12.7 Å². The van der Waals surface area contributed by atoms with E-state index in [2.05, 4.69) is 32.6 Å². The molecule has 3 rings (SSSR count). The molecule has 3 heterocycles. The van der Waals surface area contributed by atoms with E-state index < -0.39 is 54.6 Å². The molecule has 1 fully saturated rings. The number of nitrogen functional groups attached to an aromatic ring is 1. The van der Waals surface area contributed by atoms with E-state index in [1.807, 2.05) is 0 Å². The van der Waals surface area contributed by atoms with E-state index in [1.54, 1.807) is 0 Å². The van der Waals surface area contributed by atoms with Crippen LogP contribution in [0, 0.1) is 0 Å². The Balaban J connectivity index is 1.68. The lowest BCUT2D eigenvalue weighted by molar-refractivity contribution is -0.0503. The molecule has 32 heavy (non-hydrogen) atoms. The monoisotopic (exact) mass is 521 g/mol. The van der Waals surface area contributed by atoms with Crippen molar-refractivity contribution in [3.63, 3.8) is 0 Å². The Bertz CT molecular complexity index is 1130. The van der Waals surface area contributed by atoms with Gasteiger partial charge in [0.2, 0.25) is 0 Å². The second-order valence-corrected chi connectivity index (χ2v) is 10.9. The van der Waals surface area contributed by atoms with E-state index in [0.29, 0.717) is 7.11 Å². The first kappa shape index (κ1) is 25.3. The van der Waals surface area contributed by atoms with Gasteiger partial charge in [0.05, 0.1) is 12.9 Å². The normalized spacial score (nSPS) is 29.4. The summed E-state index contributed by atoms with van der Waals surface area (Å²) < 4.78 is 57.4. The molecule has 1 aliphatic heterocycles. The van der Waals surface area contributed by atoms with Crippen molar-refractivity contribution in [3.8, 4) is 0 Å². The Hall–Kier alpha value is -1.36. The molecule has 7 atom stereocenters. The Labute approximate surface area is 178 Å². The Morgan fingerprint density at radius 1 is 1.06 bits per heavy atom. The minimum atomic E-state index is -5.59. The van der Waals surface area contributed by atoms with Crippen LogP contribution in [-0.4, -0.2) is 76.4 Å². The first-order valence-corrected chi connectivity index (χ1v) is 12.8. The number of nitrogens with two attached hydrogens (primary N) is 1. The number of aromatic nitrogens is 4. The van der Waals surface area contributed by atoms with Gasteiger partial charge in [0.25, 0.3) is 0 Å². The van der Waals surface area contributed by atoms with Gasteiger partial charge >= 0.3 is 23.5 Å². The van der Waals surface area contributed by atoms with Gasteiger partial charge in [-0.2, -0.15) is 8.62 Å². The average Bonchev–Trinajstić information content (AvgIpc) is 3.21. The molecule has 1 aliphatic rings. The molecule has 1 saturated heterocycles. The summed E-state index contributed by atoms with van der Waals surface area (Å²) in [5, 5.41) is 20.5. The first-order valence-electron chi connectivity index (χ1n) is 8.31. The molecular weight excluding hydrogens is 503 g/mol. The molecule has 0 spiro atoms. The standard InChI is InChI=1S/C11H18N5O13P3/c1-25-30(19,20)28-32(23,24)29-31(21,22)26-2-5-7(17)8(18)11(27-5)16-4-15-6-9(12)13-3-14-10(6)16/h3-5,7-8,11,17-18H,2H2,1H3,(H,19,20)(H,21,22)(H,23,24)(H2,12,13,14)/t5-,7?,8+,11-/m1/s1. The van der Waals surface area contributed by atoms with Crippen LogP contribution in [0.3, 0.4) is 0 Å². The highest BCUT2D eigenvalue weighted by Gasteiger charge is 2.47. The van der Waals surface area contributed by atoms with E-state index in [9.17, 15) is 33.7 Å². The van der Waals surface area contributed by atoms with Crippen molar-refractivity contribution in [2.75, 3.05) is 19.5 Å². The fraction of sp³-hybridized carbons (Fsp3) is 0.545. The van der Waals surface area contributed by atoms with Crippen molar-refractivity contribution in [1.29, 1.82) is 0 Å². The van der Waals surface area contributed by atoms with Gasteiger partial charge in [0.1, 0.15) is 30.2 Å². The second-order valence-electron chi connectivity index (χ2n) is 6.18. The molecule has 180 valence electrons. The topological polar surface area (TPSA) is 268 Å². The minimum Gasteiger partial charge on any atom is -0.387 e. The van der Waals surface area contributed by atoms with Gasteiger partial charge in [-0.05, 0) is 0 Å². The smallest absolute Gasteiger partial charge is 0.387 e. The van der Waals surface area contributed by atoms with Gasteiger partial charge in [-0.3, -0.25) is 13.6 Å². The highest BCUT2D eigenvalue weighted by Crippen LogP contribution is 2.67. The average molecular weight is 521 g/mol. The molecule has 0 amide bonds. The molecule has 0 bridgehead atoms. The molecule has 7 N–H and O–H groups in total. The van der Waals surface area contributed by atoms with Crippen LogP contribution in [0.25, 0.3) is 11.2 Å². The zero-order chi connectivity index (χ0) is 23.9. The summed E-state index contributed by atoms with van der Waals surface area (Å²) in [5.41, 5.74) is 6.04. The quantitative estimate of drug-likeness (QED) is 0.216. The van der Waals surface area contributed by atoms with Crippen LogP contribution < -0.4 is 5.73 Å². The van der Waals surface area contributed by atoms with Crippen molar-refractivity contribution in [1.82, 2.24) is 19.5 Å². The number of imidazole rings is 1. The van der Waals surface area contributed by atoms with Crippen LogP contribution in [0.2, 0.25) is 0 Å². The molecule has 0 saturated carbocycles. The molecule has 0 radical (unpaired) electrons. The largest absolute Gasteiger partial charge is 0.490 e. The van der Waals surface area contributed by atoms with Gasteiger partial charge in [-0.15, -0.1) is 0 Å². The number of hydrogen-bond donors (Lipinski definition) is 6. The van der Waals surface area contributed by atoms with Gasteiger partial charge < -0.3 is 35.4 Å². The predicted octanol–water partition coefficient (Wildman–Crippen LogP) is -0.975. The maximum absolute atomic E-state index is 11.9. The van der Waals surface area contributed by atoms with E-state index >= 15 is 0 Å². The fourth-order valence-electron chi connectivity index (χ4n) is 2.65. The number of phosphoric acid groups is 3. The minimum absolute atomic E-state index is 0.0524. The predicted molar refractivity (Wildman–Crippen MR) is 100 cm³/mol. The third-order valence-electron chi connectivity index (χ3n) is 4.04. The zero-order valence-corrected chi connectivity index (χ0v) is 18.6. The molecule has 18 nitrogen and oxygen atoms in total. The highest BCUT2D eigenvalue weighted by molar-refractivity contribution is 7.66. The number of aliphatic hydroxyl groups excluding tert-OH is 2. The summed E-state index contributed by atoms with van der Waals surface area (Å²) in [6.45, 7) is -0.923. The summed E-state index contributed by atoms with van der Waals surface area (Å²) >= 11 is 0. The van der Waals surface area contributed by atoms with E-state index in [4.69, 9.17) is 15.4 Å². The lowest BCUT2D eigenvalue weighted by Crippen LogP contribution is -2.33. The van der Waals surface area contributed by atoms with Crippen LogP contribution in [0.4, 0.5) is 5.82 Å². The summed E-state index contributed by atoms with van der Waals surface area (Å²) in [6, 6.07) is 0. The molecule has 0 aliphatic carbocycles. The van der Waals surface area contributed by atoms with E-state index in [0.717, 1.165) is 6.33 Å². The fourth-order valence-corrected chi connectivity index (χ4v) is 5.92. The summed E-state index contributed by atoms with van der Waals surface area (Å²) in [4.78, 5) is 39.7. The molecule has 0 aromatic carbocycles. The molecule has 21 heteroatoms. The van der Waals surface area contributed by atoms with Gasteiger partial charge in [0.15, 0.2) is 17.7 Å². The number of phosphoric ester groups is 2. The first-order chi connectivity index (χ1) is 14.8. The van der Waals surface area contributed by atoms with Crippen LogP contribution >= 0.6 is 23.5 Å². The highest BCUT2D eigenvalue weighted by atomic mass is 31.3. The molecule has 4 unspecified atom stereocenters. The third kappa shape index (κ3) is 5.58. The number of aliphatic hydroxyl groups is 2. The maximum Gasteiger partial charge on any atom is 0.490 e. The van der Waals surface area contributed by atoms with Crippen LogP contribution in [0.1, 0.15) is 6.23 Å². The summed E-state index contributed by atoms with van der Waals surface area (Å²) in [6.07, 6.45) is -3.59. The van der Waals surface area contributed by atoms with Crippen LogP contribution in [-0.2, 0) is 36.1 Å². The number of nitrogens with zero attached hydrogens (tertiary/aromatic N) is 4. The molecule has 2 aromatic heterocycles. The molecule has 2 aromatic rings. The second kappa shape index (κ2) is 9.12. The Morgan fingerprint density at radius 3 is 2.38 bits per heavy atom. The van der Waals surface area contributed by atoms with Crippen molar-refractivity contribution >= 4 is 40.4 Å². The number of hydrogen-bond acceptors (Lipinski definition) is 14. The summed E-state index contributed by atoms with van der Waals surface area (Å²) in [7, 11) is -15.4. The van der Waals surface area contributed by atoms with E-state index in [1.165, 1.54) is 10.9 Å². The third-order valence-corrected chi connectivity index (χ3v) is 8.28. The van der Waals surface area contributed by atoms with Crippen LogP contribution in [0.5, 0.6) is 0 Å². The number of rotatable bonds is 9.